The summed E-state index contributed by atoms with van der Waals surface area (Å²) in [5, 5.41) is -1.14. The van der Waals surface area contributed by atoms with E-state index in [1.54, 1.807) is 0 Å². The van der Waals surface area contributed by atoms with Crippen molar-refractivity contribution in [3.63, 3.8) is 0 Å². The Hall–Kier alpha value is -1.57. The Bertz CT molecular complexity index is 633. The van der Waals surface area contributed by atoms with Gasteiger partial charge in [-0.1, -0.05) is 0 Å². The molecule has 10 heteroatoms. The Morgan fingerprint density at radius 2 is 1.86 bits per heavy atom. The van der Waals surface area contributed by atoms with Gasteiger partial charge >= 0.3 is 116 Å². The summed E-state index contributed by atoms with van der Waals surface area (Å²) < 4.78 is 61.9. The van der Waals surface area contributed by atoms with E-state index in [-0.39, 0.29) is 11.3 Å². The molecule has 2 aliphatic rings. The van der Waals surface area contributed by atoms with Gasteiger partial charge in [0.25, 0.3) is 0 Å². The van der Waals surface area contributed by atoms with Crippen LogP contribution in [0.4, 0.5) is 18.0 Å². The number of ether oxygens (including phenoxy) is 1. The minimum atomic E-state index is -5.19. The SMILES string of the molecule is COP12(OC)NC(=O)O[C@@]1(C(F)(F)F)c1ccccc1O2. The number of para-hydroxylation sites is 1. The third-order valence-corrected chi connectivity index (χ3v) is 7.73. The Balaban J connectivity index is 2.43. The first-order chi connectivity index (χ1) is 9.75. The molecule has 0 aromatic heterocycles. The van der Waals surface area contributed by atoms with Gasteiger partial charge in [-0.25, -0.2) is 0 Å². The molecule has 1 saturated heterocycles. The van der Waals surface area contributed by atoms with Gasteiger partial charge in [-0.15, -0.1) is 0 Å². The van der Waals surface area contributed by atoms with Gasteiger partial charge in [0.05, 0.1) is 0 Å². The number of carbonyl (C=O) groups is 1. The molecule has 0 bridgehead atoms. The van der Waals surface area contributed by atoms with Crippen LogP contribution in [-0.2, 0) is 19.1 Å². The molecular formula is C11H11F3NO5P. The van der Waals surface area contributed by atoms with Crippen LogP contribution in [0, 0.1) is 0 Å². The fraction of sp³-hybridized carbons (Fsp3) is 0.364. The van der Waals surface area contributed by atoms with E-state index >= 15 is 0 Å². The molecule has 2 aliphatic heterocycles. The number of hydrogen-bond acceptors (Lipinski definition) is 5. The molecule has 1 aromatic rings. The summed E-state index contributed by atoms with van der Waals surface area (Å²) in [5.41, 5.74) is -0.364. The second-order valence-electron chi connectivity index (χ2n) is 4.48. The normalized spacial score (nSPS) is 30.1. The molecule has 3 rings (SSSR count). The van der Waals surface area contributed by atoms with Crippen molar-refractivity contribution in [2.24, 2.45) is 0 Å². The Labute approximate surface area is 117 Å². The molecule has 116 valence electrons. The van der Waals surface area contributed by atoms with Gasteiger partial charge in [-0.2, -0.15) is 0 Å². The number of amides is 1. The molecule has 2 heterocycles. The fourth-order valence-electron chi connectivity index (χ4n) is 2.75. The van der Waals surface area contributed by atoms with Gasteiger partial charge in [0, 0.05) is 0 Å². The van der Waals surface area contributed by atoms with E-state index in [0.717, 1.165) is 20.3 Å². The summed E-state index contributed by atoms with van der Waals surface area (Å²) in [6.45, 7) is 0. The summed E-state index contributed by atoms with van der Waals surface area (Å²) in [6.07, 6.45) is -6.33. The summed E-state index contributed by atoms with van der Waals surface area (Å²) in [7, 11) is -3.24. The summed E-state index contributed by atoms with van der Waals surface area (Å²) >= 11 is 0. The van der Waals surface area contributed by atoms with Gasteiger partial charge in [0.15, 0.2) is 0 Å². The number of benzene rings is 1. The fourth-order valence-corrected chi connectivity index (χ4v) is 6.23. The van der Waals surface area contributed by atoms with Crippen LogP contribution in [0.3, 0.4) is 0 Å². The molecule has 1 N–H and O–H groups in total. The van der Waals surface area contributed by atoms with Crippen molar-refractivity contribution in [3.8, 4) is 5.75 Å². The molecule has 0 spiro atoms. The van der Waals surface area contributed by atoms with Crippen LogP contribution in [0.1, 0.15) is 5.56 Å². The number of alkyl halides is 3. The zero-order valence-electron chi connectivity index (χ0n) is 10.9. The zero-order chi connectivity index (χ0) is 15.5. The van der Waals surface area contributed by atoms with Crippen LogP contribution in [0.15, 0.2) is 24.3 Å². The first-order valence-electron chi connectivity index (χ1n) is 5.77. The third kappa shape index (κ3) is 1.32. The number of hydrogen-bond donors (Lipinski definition) is 1. The average molecular weight is 325 g/mol. The van der Waals surface area contributed by atoms with Crippen molar-refractivity contribution < 1.29 is 36.3 Å². The molecule has 0 aliphatic carbocycles. The van der Waals surface area contributed by atoms with E-state index in [1.807, 2.05) is 5.09 Å². The van der Waals surface area contributed by atoms with Crippen LogP contribution in [-0.4, -0.2) is 26.5 Å². The van der Waals surface area contributed by atoms with Crippen LogP contribution in [0.2, 0.25) is 0 Å². The molecule has 1 atom stereocenters. The third-order valence-electron chi connectivity index (χ3n) is 3.63. The summed E-state index contributed by atoms with van der Waals surface area (Å²) in [6, 6.07) is 5.36. The van der Waals surface area contributed by atoms with Crippen molar-refractivity contribution in [2.45, 2.75) is 11.5 Å². The van der Waals surface area contributed by atoms with Crippen molar-refractivity contribution >= 4 is 13.5 Å². The number of nitrogens with one attached hydrogen (secondary N) is 1. The standard InChI is InChI=1S/C11H11F3NO5P/c1-17-21(18-2)10(11(12,13)14,19-9(16)15-21)7-5-3-4-6-8(7)20-21/h3-6H,1-2H3,(H,15,16)/t10-/m0/s1. The molecule has 1 fully saturated rings. The van der Waals surface area contributed by atoms with Crippen LogP contribution in [0.25, 0.3) is 0 Å². The molecule has 1 amide bonds. The van der Waals surface area contributed by atoms with Crippen molar-refractivity contribution in [3.05, 3.63) is 29.8 Å². The van der Waals surface area contributed by atoms with Crippen molar-refractivity contribution in [1.82, 2.24) is 5.09 Å². The average Bonchev–Trinajstić information content (AvgIpc) is 2.83. The Morgan fingerprint density at radius 3 is 2.43 bits per heavy atom. The van der Waals surface area contributed by atoms with E-state index in [2.05, 4.69) is 4.74 Å². The molecule has 1 aromatic carbocycles. The zero-order valence-corrected chi connectivity index (χ0v) is 11.8. The predicted octanol–water partition coefficient (Wildman–Crippen LogP) is 3.04. The van der Waals surface area contributed by atoms with E-state index in [0.29, 0.717) is 0 Å². The number of halogens is 3. The Morgan fingerprint density at radius 1 is 1.24 bits per heavy atom. The van der Waals surface area contributed by atoms with E-state index in [1.165, 1.54) is 18.2 Å². The number of carbonyl (C=O) groups excluding carboxylic acids is 1. The van der Waals surface area contributed by atoms with Crippen molar-refractivity contribution in [1.29, 1.82) is 0 Å². The maximum absolute atomic E-state index is 13.9. The quantitative estimate of drug-likeness (QED) is 0.847. The molecule has 0 radical (unpaired) electrons. The monoisotopic (exact) mass is 325 g/mol. The van der Waals surface area contributed by atoms with Crippen molar-refractivity contribution in [2.75, 3.05) is 14.2 Å². The first-order valence-corrected chi connectivity index (χ1v) is 7.76. The Kier molecular flexibility index (Phi) is 2.59. The minimum absolute atomic E-state index is 0.115. The topological polar surface area (TPSA) is 66.0 Å². The van der Waals surface area contributed by atoms with Gasteiger partial charge in [-0.05, 0) is 0 Å². The summed E-state index contributed by atoms with van der Waals surface area (Å²) in [5.74, 6) is -0.115. The second kappa shape index (κ2) is 3.79. The number of fused-ring (bicyclic) bond motifs is 3. The van der Waals surface area contributed by atoms with Gasteiger partial charge in [0.1, 0.15) is 0 Å². The van der Waals surface area contributed by atoms with Gasteiger partial charge in [-0.3, -0.25) is 0 Å². The molecule has 6 nitrogen and oxygen atoms in total. The summed E-state index contributed by atoms with van der Waals surface area (Å²) in [4.78, 5) is 11.6. The van der Waals surface area contributed by atoms with Gasteiger partial charge < -0.3 is 0 Å². The first kappa shape index (κ1) is 14.4. The molecule has 21 heavy (non-hydrogen) atoms. The van der Waals surface area contributed by atoms with Crippen LogP contribution < -0.4 is 9.61 Å². The molecule has 0 unspecified atom stereocenters. The molecule has 0 saturated carbocycles. The maximum atomic E-state index is 13.9. The number of rotatable bonds is 2. The van der Waals surface area contributed by atoms with Crippen LogP contribution in [0.5, 0.6) is 5.75 Å². The van der Waals surface area contributed by atoms with E-state index in [4.69, 9.17) is 13.6 Å². The van der Waals surface area contributed by atoms with E-state index in [9.17, 15) is 18.0 Å². The predicted molar refractivity (Wildman–Crippen MR) is 65.4 cm³/mol. The van der Waals surface area contributed by atoms with E-state index < -0.39 is 25.0 Å². The van der Waals surface area contributed by atoms with Gasteiger partial charge in [0.2, 0.25) is 0 Å². The van der Waals surface area contributed by atoms with Crippen LogP contribution >= 0.6 is 7.43 Å². The second-order valence-corrected chi connectivity index (χ2v) is 8.01. The molecular weight excluding hydrogens is 314 g/mol.